The third-order valence-electron chi connectivity index (χ3n) is 5.72. The first kappa shape index (κ1) is 31.8. The Morgan fingerprint density at radius 3 is 2.24 bits per heavy atom. The molecule has 0 spiro atoms. The number of aliphatic carboxylic acids is 1. The van der Waals surface area contributed by atoms with Gasteiger partial charge in [0.2, 0.25) is 23.6 Å². The van der Waals surface area contributed by atoms with E-state index < -0.39 is 60.2 Å². The molecule has 4 amide bonds. The monoisotopic (exact) mass is 538 g/mol. The summed E-state index contributed by atoms with van der Waals surface area (Å²) < 4.78 is 0. The maximum absolute atomic E-state index is 13.2. The summed E-state index contributed by atoms with van der Waals surface area (Å²) >= 11 is 0. The van der Waals surface area contributed by atoms with Gasteiger partial charge in [-0.1, -0.05) is 20.3 Å². The molecule has 1 heterocycles. The molecular formula is C22H38N10O6. The summed E-state index contributed by atoms with van der Waals surface area (Å²) in [6, 6.07) is -4.84. The molecular weight excluding hydrogens is 500 g/mol. The van der Waals surface area contributed by atoms with Gasteiger partial charge in [0.05, 0.1) is 18.8 Å². The van der Waals surface area contributed by atoms with E-state index in [4.69, 9.17) is 22.9 Å². The van der Waals surface area contributed by atoms with Crippen molar-refractivity contribution < 1.29 is 29.1 Å². The van der Waals surface area contributed by atoms with Gasteiger partial charge in [-0.2, -0.15) is 0 Å². The number of carboxylic acid groups (broad SMARTS) is 1. The van der Waals surface area contributed by atoms with Crippen LogP contribution < -0.4 is 38.9 Å². The number of nitrogens with two attached hydrogens (primary N) is 4. The number of hydrogen-bond donors (Lipinski definition) is 9. The Morgan fingerprint density at radius 1 is 1.05 bits per heavy atom. The smallest absolute Gasteiger partial charge is 0.326 e. The van der Waals surface area contributed by atoms with Crippen LogP contribution in [0.3, 0.4) is 0 Å². The number of nitrogens with zero attached hydrogens (tertiary/aromatic N) is 2. The molecule has 0 saturated carbocycles. The van der Waals surface area contributed by atoms with Gasteiger partial charge >= 0.3 is 5.97 Å². The molecule has 5 atom stereocenters. The van der Waals surface area contributed by atoms with E-state index >= 15 is 0 Å². The molecule has 1 aromatic rings. The van der Waals surface area contributed by atoms with Crippen molar-refractivity contribution in [2.75, 3.05) is 6.54 Å². The van der Waals surface area contributed by atoms with E-state index in [-0.39, 0.29) is 37.7 Å². The number of imidazole rings is 1. The lowest BCUT2D eigenvalue weighted by Gasteiger charge is -2.28. The normalized spacial score (nSPS) is 14.7. The summed E-state index contributed by atoms with van der Waals surface area (Å²) in [5.74, 6) is -4.80. The summed E-state index contributed by atoms with van der Waals surface area (Å²) in [5, 5.41) is 17.1. The number of aromatic amines is 1. The van der Waals surface area contributed by atoms with Gasteiger partial charge in [-0.25, -0.2) is 9.78 Å². The first-order chi connectivity index (χ1) is 17.8. The van der Waals surface area contributed by atoms with Crippen LogP contribution in [0.1, 0.15) is 45.2 Å². The molecule has 0 fully saturated rings. The topological polar surface area (TPSA) is 287 Å². The van der Waals surface area contributed by atoms with Crippen molar-refractivity contribution >= 4 is 35.6 Å². The molecule has 5 unspecified atom stereocenters. The number of carbonyl (C=O) groups is 5. The minimum absolute atomic E-state index is 0.0626. The van der Waals surface area contributed by atoms with Gasteiger partial charge < -0.3 is 49.0 Å². The fourth-order valence-corrected chi connectivity index (χ4v) is 3.39. The van der Waals surface area contributed by atoms with Crippen LogP contribution in [0.15, 0.2) is 17.5 Å². The van der Waals surface area contributed by atoms with Crippen molar-refractivity contribution in [3.05, 3.63) is 18.2 Å². The second-order valence-corrected chi connectivity index (χ2v) is 8.84. The molecule has 0 bridgehead atoms. The molecule has 38 heavy (non-hydrogen) atoms. The van der Waals surface area contributed by atoms with Gasteiger partial charge in [-0.15, -0.1) is 0 Å². The number of rotatable bonds is 17. The Bertz CT molecular complexity index is 979. The number of H-pyrrole nitrogens is 1. The third kappa shape index (κ3) is 11.2. The molecule has 1 rings (SSSR count). The van der Waals surface area contributed by atoms with Crippen molar-refractivity contribution in [3.63, 3.8) is 0 Å². The van der Waals surface area contributed by atoms with Crippen LogP contribution in [-0.2, 0) is 30.4 Å². The lowest BCUT2D eigenvalue weighted by Crippen LogP contribution is -2.59. The maximum atomic E-state index is 13.2. The van der Waals surface area contributed by atoms with E-state index in [2.05, 4.69) is 30.9 Å². The molecule has 0 aliphatic rings. The third-order valence-corrected chi connectivity index (χ3v) is 5.72. The summed E-state index contributed by atoms with van der Waals surface area (Å²) in [7, 11) is 0. The predicted octanol–water partition coefficient (Wildman–Crippen LogP) is -3.21. The minimum atomic E-state index is -1.31. The van der Waals surface area contributed by atoms with Crippen molar-refractivity contribution in [2.24, 2.45) is 33.8 Å². The Hall–Kier alpha value is -4.21. The molecule has 13 N–H and O–H groups in total. The zero-order valence-electron chi connectivity index (χ0n) is 21.5. The average molecular weight is 539 g/mol. The zero-order chi connectivity index (χ0) is 28.8. The largest absolute Gasteiger partial charge is 0.480 e. The molecule has 0 aliphatic carbocycles. The molecule has 0 aliphatic heterocycles. The highest BCUT2D eigenvalue weighted by Crippen LogP contribution is 2.11. The molecule has 1 aromatic heterocycles. The average Bonchev–Trinajstić information content (AvgIpc) is 3.35. The molecule has 16 nitrogen and oxygen atoms in total. The van der Waals surface area contributed by atoms with Crippen molar-refractivity contribution in [1.82, 2.24) is 25.9 Å². The Balaban J connectivity index is 3.07. The Labute approximate surface area is 219 Å². The van der Waals surface area contributed by atoms with Crippen LogP contribution in [0.25, 0.3) is 0 Å². The molecule has 0 aromatic carbocycles. The summed E-state index contributed by atoms with van der Waals surface area (Å²) in [6.07, 6.45) is 3.14. The number of primary amides is 1. The Morgan fingerprint density at radius 2 is 1.71 bits per heavy atom. The number of aliphatic imine (C=N–C) groups is 1. The van der Waals surface area contributed by atoms with E-state index in [0.29, 0.717) is 12.1 Å². The van der Waals surface area contributed by atoms with Gasteiger partial charge in [0.1, 0.15) is 18.1 Å². The highest BCUT2D eigenvalue weighted by molar-refractivity contribution is 5.95. The van der Waals surface area contributed by atoms with Crippen LogP contribution in [-0.4, -0.2) is 81.3 Å². The quantitative estimate of drug-likeness (QED) is 0.0543. The van der Waals surface area contributed by atoms with Crippen molar-refractivity contribution in [1.29, 1.82) is 0 Å². The summed E-state index contributed by atoms with van der Waals surface area (Å²) in [6.45, 7) is 3.67. The number of hydrogen-bond acceptors (Lipinski definition) is 8. The number of nitrogens with one attached hydrogen (secondary N) is 4. The molecule has 16 heteroatoms. The maximum Gasteiger partial charge on any atom is 0.326 e. The first-order valence-electron chi connectivity index (χ1n) is 12.1. The number of amides is 4. The Kier molecular flexibility index (Phi) is 13.2. The molecule has 212 valence electrons. The minimum Gasteiger partial charge on any atom is -0.480 e. The van der Waals surface area contributed by atoms with E-state index in [1.165, 1.54) is 12.5 Å². The fourth-order valence-electron chi connectivity index (χ4n) is 3.39. The van der Waals surface area contributed by atoms with Gasteiger partial charge in [0.25, 0.3) is 0 Å². The standard InChI is InChI=1S/C22H38N10O6/c1-3-11(2)17(32-18(34)13(23)8-16(24)33)20(36)30-14(5-4-6-28-22(25)26)19(35)31-15(21(37)38)7-12-9-27-10-29-12/h9-11,13-15,17H,3-8,23H2,1-2H3,(H2,24,33)(H,27,29)(H,30,36)(H,31,35)(H,32,34)(H,37,38)(H4,25,26,28). The van der Waals surface area contributed by atoms with Crippen LogP contribution in [0, 0.1) is 5.92 Å². The lowest BCUT2D eigenvalue weighted by molar-refractivity contribution is -0.142. The van der Waals surface area contributed by atoms with Crippen LogP contribution in [0.2, 0.25) is 0 Å². The number of carboxylic acids is 1. The summed E-state index contributed by atoms with van der Waals surface area (Å²) in [5.41, 5.74) is 21.9. The number of aromatic nitrogens is 2. The molecule has 0 radical (unpaired) electrons. The van der Waals surface area contributed by atoms with Gasteiger partial charge in [0, 0.05) is 24.9 Å². The van der Waals surface area contributed by atoms with E-state index in [1.54, 1.807) is 13.8 Å². The van der Waals surface area contributed by atoms with Crippen LogP contribution >= 0.6 is 0 Å². The van der Waals surface area contributed by atoms with E-state index in [9.17, 15) is 29.1 Å². The predicted molar refractivity (Wildman–Crippen MR) is 137 cm³/mol. The molecule has 0 saturated heterocycles. The fraction of sp³-hybridized carbons (Fsp3) is 0.591. The second kappa shape index (κ2) is 15.8. The van der Waals surface area contributed by atoms with Crippen LogP contribution in [0.5, 0.6) is 0 Å². The number of carbonyl (C=O) groups excluding carboxylic acids is 4. The SMILES string of the molecule is CCC(C)C(NC(=O)C(N)CC(N)=O)C(=O)NC(CCCN=C(N)N)C(=O)NC(Cc1cnc[nH]1)C(=O)O. The highest BCUT2D eigenvalue weighted by Gasteiger charge is 2.32. The van der Waals surface area contributed by atoms with Gasteiger partial charge in [-0.3, -0.25) is 24.2 Å². The zero-order valence-corrected chi connectivity index (χ0v) is 21.5. The van der Waals surface area contributed by atoms with Crippen LogP contribution in [0.4, 0.5) is 0 Å². The van der Waals surface area contributed by atoms with Crippen molar-refractivity contribution in [2.45, 2.75) is 70.1 Å². The van der Waals surface area contributed by atoms with E-state index in [0.717, 1.165) is 0 Å². The second-order valence-electron chi connectivity index (χ2n) is 8.84. The van der Waals surface area contributed by atoms with E-state index in [1.807, 2.05) is 0 Å². The van der Waals surface area contributed by atoms with Gasteiger partial charge in [-0.05, 0) is 18.8 Å². The first-order valence-corrected chi connectivity index (χ1v) is 12.1. The highest BCUT2D eigenvalue weighted by atomic mass is 16.4. The number of guanidine groups is 1. The van der Waals surface area contributed by atoms with Gasteiger partial charge in [0.15, 0.2) is 5.96 Å². The summed E-state index contributed by atoms with van der Waals surface area (Å²) in [4.78, 5) is 72.1. The van der Waals surface area contributed by atoms with Crippen molar-refractivity contribution in [3.8, 4) is 0 Å². The lowest BCUT2D eigenvalue weighted by atomic mass is 9.97.